The number of carbonyl (C=O) groups excluding carboxylic acids is 2. The van der Waals surface area contributed by atoms with Gasteiger partial charge in [0.1, 0.15) is 6.10 Å². The molecule has 0 aliphatic carbocycles. The Labute approximate surface area is 122 Å². The Hall–Kier alpha value is -2.08. The molecule has 1 unspecified atom stereocenters. The average molecular weight is 294 g/mol. The fourth-order valence-corrected chi connectivity index (χ4v) is 2.01. The van der Waals surface area contributed by atoms with Crippen LogP contribution in [0.25, 0.3) is 0 Å². The molecule has 6 heteroatoms. The molecule has 2 rings (SSSR count). The number of rotatable bonds is 6. The predicted octanol–water partition coefficient (Wildman–Crippen LogP) is 1.61. The van der Waals surface area contributed by atoms with Crippen LogP contribution in [-0.4, -0.2) is 44.8 Å². The molecule has 114 valence electrons. The van der Waals surface area contributed by atoms with Crippen LogP contribution < -0.4 is 9.47 Å². The molecule has 0 saturated carbocycles. The third-order valence-corrected chi connectivity index (χ3v) is 3.07. The van der Waals surface area contributed by atoms with Crippen molar-refractivity contribution in [2.75, 3.05) is 26.9 Å². The van der Waals surface area contributed by atoms with E-state index in [0.717, 1.165) is 6.42 Å². The minimum Gasteiger partial charge on any atom is -0.493 e. The van der Waals surface area contributed by atoms with Crippen LogP contribution in [0.15, 0.2) is 18.2 Å². The second-order valence-corrected chi connectivity index (χ2v) is 4.52. The lowest BCUT2D eigenvalue weighted by Crippen LogP contribution is -2.19. The molecule has 1 atom stereocenters. The van der Waals surface area contributed by atoms with Gasteiger partial charge in [0.05, 0.1) is 26.9 Å². The Bertz CT molecular complexity index is 519. The molecule has 21 heavy (non-hydrogen) atoms. The van der Waals surface area contributed by atoms with Crippen LogP contribution in [0, 0.1) is 0 Å². The zero-order chi connectivity index (χ0) is 15.2. The summed E-state index contributed by atoms with van der Waals surface area (Å²) in [7, 11) is 1.51. The van der Waals surface area contributed by atoms with Gasteiger partial charge in [-0.2, -0.15) is 0 Å². The van der Waals surface area contributed by atoms with Gasteiger partial charge in [-0.1, -0.05) is 0 Å². The van der Waals surface area contributed by atoms with Crippen molar-refractivity contribution in [3.8, 4) is 11.5 Å². The fourth-order valence-electron chi connectivity index (χ4n) is 2.01. The molecule has 1 heterocycles. The van der Waals surface area contributed by atoms with E-state index in [1.807, 2.05) is 0 Å². The molecule has 1 saturated heterocycles. The van der Waals surface area contributed by atoms with E-state index in [0.29, 0.717) is 24.7 Å². The van der Waals surface area contributed by atoms with Gasteiger partial charge in [-0.15, -0.1) is 0 Å². The number of ketones is 1. The minimum absolute atomic E-state index is 0.0770. The highest BCUT2D eigenvalue weighted by Crippen LogP contribution is 2.30. The van der Waals surface area contributed by atoms with Crippen molar-refractivity contribution < 1.29 is 28.5 Å². The van der Waals surface area contributed by atoms with E-state index in [1.165, 1.54) is 19.2 Å². The topological polar surface area (TPSA) is 71.1 Å². The van der Waals surface area contributed by atoms with Gasteiger partial charge in [-0.05, 0) is 25.1 Å². The number of esters is 1. The van der Waals surface area contributed by atoms with Gasteiger partial charge in [0, 0.05) is 12.0 Å². The summed E-state index contributed by atoms with van der Waals surface area (Å²) in [5.41, 5.74) is 0.211. The first-order valence-corrected chi connectivity index (χ1v) is 6.79. The summed E-state index contributed by atoms with van der Waals surface area (Å²) in [4.78, 5) is 23.4. The number of Topliss-reactive ketones (excluding diaryl/α,β-unsaturated/α-hetero) is 1. The van der Waals surface area contributed by atoms with Crippen molar-refractivity contribution in [1.29, 1.82) is 0 Å². The first-order chi connectivity index (χ1) is 10.2. The van der Waals surface area contributed by atoms with Crippen LogP contribution in [0.3, 0.4) is 0 Å². The predicted molar refractivity (Wildman–Crippen MR) is 73.8 cm³/mol. The number of hydrogen-bond acceptors (Lipinski definition) is 6. The van der Waals surface area contributed by atoms with Crippen LogP contribution in [0.1, 0.15) is 23.7 Å². The van der Waals surface area contributed by atoms with Gasteiger partial charge in [-0.3, -0.25) is 4.79 Å². The van der Waals surface area contributed by atoms with Gasteiger partial charge >= 0.3 is 5.97 Å². The van der Waals surface area contributed by atoms with E-state index in [1.54, 1.807) is 13.0 Å². The first kappa shape index (κ1) is 15.3. The molecule has 0 amide bonds. The number of ether oxygens (including phenoxy) is 4. The van der Waals surface area contributed by atoms with Gasteiger partial charge in [0.15, 0.2) is 11.5 Å². The van der Waals surface area contributed by atoms with Crippen molar-refractivity contribution in [1.82, 2.24) is 0 Å². The third-order valence-electron chi connectivity index (χ3n) is 3.07. The van der Waals surface area contributed by atoms with E-state index in [4.69, 9.17) is 18.9 Å². The Morgan fingerprint density at radius 2 is 2.14 bits per heavy atom. The maximum Gasteiger partial charge on any atom is 0.379 e. The second kappa shape index (κ2) is 7.08. The molecule has 6 nitrogen and oxygen atoms in total. The van der Waals surface area contributed by atoms with Gasteiger partial charge in [-0.25, -0.2) is 4.79 Å². The maximum absolute atomic E-state index is 11.9. The summed E-state index contributed by atoms with van der Waals surface area (Å²) in [6.07, 6.45) is 0.700. The summed E-state index contributed by atoms with van der Waals surface area (Å²) in [6, 6.07) is 4.60. The molecule has 0 spiro atoms. The first-order valence-electron chi connectivity index (χ1n) is 6.79. The van der Waals surface area contributed by atoms with Crippen LogP contribution in [-0.2, 0) is 14.3 Å². The Kier molecular flexibility index (Phi) is 5.16. The zero-order valence-corrected chi connectivity index (χ0v) is 12.1. The lowest BCUT2D eigenvalue weighted by atomic mass is 10.1. The number of benzene rings is 1. The van der Waals surface area contributed by atoms with E-state index >= 15 is 0 Å². The van der Waals surface area contributed by atoms with Crippen molar-refractivity contribution in [2.45, 2.75) is 19.4 Å². The largest absolute Gasteiger partial charge is 0.493 e. The van der Waals surface area contributed by atoms with Crippen LogP contribution >= 0.6 is 0 Å². The third kappa shape index (κ3) is 3.72. The average Bonchev–Trinajstić information content (AvgIpc) is 2.99. The van der Waals surface area contributed by atoms with Crippen LogP contribution in [0.4, 0.5) is 0 Å². The second-order valence-electron chi connectivity index (χ2n) is 4.52. The van der Waals surface area contributed by atoms with E-state index in [2.05, 4.69) is 0 Å². The van der Waals surface area contributed by atoms with Crippen LogP contribution in [0.2, 0.25) is 0 Å². The molecular formula is C15H18O6. The monoisotopic (exact) mass is 294 g/mol. The zero-order valence-electron chi connectivity index (χ0n) is 12.1. The van der Waals surface area contributed by atoms with E-state index < -0.39 is 11.8 Å². The summed E-state index contributed by atoms with van der Waals surface area (Å²) in [5, 5.41) is 0. The van der Waals surface area contributed by atoms with Gasteiger partial charge < -0.3 is 18.9 Å². The normalized spacial score (nSPS) is 17.3. The summed E-state index contributed by atoms with van der Waals surface area (Å²) in [6.45, 7) is 2.95. The number of carbonyl (C=O) groups is 2. The minimum atomic E-state index is -0.877. The number of hydrogen-bond donors (Lipinski definition) is 0. The van der Waals surface area contributed by atoms with E-state index in [-0.39, 0.29) is 18.3 Å². The quantitative estimate of drug-likeness (QED) is 0.451. The molecule has 1 aromatic carbocycles. The number of methoxy groups -OCH3 is 1. The standard InChI is InChI=1S/C15H18O6/c1-3-20-15(17)14(16)10-4-5-12(18-2)13(8-10)21-11-6-7-19-9-11/h4-5,8,11H,3,6-7,9H2,1-2H3. The lowest BCUT2D eigenvalue weighted by molar-refractivity contribution is -0.137. The molecule has 1 aliphatic rings. The Morgan fingerprint density at radius 1 is 1.33 bits per heavy atom. The van der Waals surface area contributed by atoms with Crippen molar-refractivity contribution in [2.24, 2.45) is 0 Å². The lowest BCUT2D eigenvalue weighted by Gasteiger charge is -2.15. The molecule has 1 fully saturated rings. The van der Waals surface area contributed by atoms with E-state index in [9.17, 15) is 9.59 Å². The molecule has 0 aromatic heterocycles. The van der Waals surface area contributed by atoms with Gasteiger partial charge in [0.2, 0.25) is 0 Å². The molecule has 1 aromatic rings. The highest BCUT2D eigenvalue weighted by atomic mass is 16.6. The molecule has 0 radical (unpaired) electrons. The SMILES string of the molecule is CCOC(=O)C(=O)c1ccc(OC)c(OC2CCOC2)c1. The molecular weight excluding hydrogens is 276 g/mol. The smallest absolute Gasteiger partial charge is 0.379 e. The highest BCUT2D eigenvalue weighted by Gasteiger charge is 2.22. The fraction of sp³-hybridized carbons (Fsp3) is 0.467. The summed E-state index contributed by atoms with van der Waals surface area (Å²) < 4.78 is 20.9. The summed E-state index contributed by atoms with van der Waals surface area (Å²) in [5.74, 6) is -0.657. The maximum atomic E-state index is 11.9. The van der Waals surface area contributed by atoms with Gasteiger partial charge in [0.25, 0.3) is 5.78 Å². The Balaban J connectivity index is 2.19. The van der Waals surface area contributed by atoms with Crippen molar-refractivity contribution in [3.05, 3.63) is 23.8 Å². The van der Waals surface area contributed by atoms with Crippen molar-refractivity contribution >= 4 is 11.8 Å². The van der Waals surface area contributed by atoms with Crippen molar-refractivity contribution in [3.63, 3.8) is 0 Å². The summed E-state index contributed by atoms with van der Waals surface area (Å²) >= 11 is 0. The van der Waals surface area contributed by atoms with Crippen LogP contribution in [0.5, 0.6) is 11.5 Å². The highest BCUT2D eigenvalue weighted by molar-refractivity contribution is 6.40. The molecule has 0 N–H and O–H groups in total. The Morgan fingerprint density at radius 3 is 2.76 bits per heavy atom. The molecule has 1 aliphatic heterocycles. The molecule has 0 bridgehead atoms.